The second-order valence-corrected chi connectivity index (χ2v) is 8.10. The number of aliphatic hydroxyl groups is 1. The standard InChI is InChI=1S/C24H18ClF4N3O2/c1-13(22(33)24(27,28)29)30-23(34)14-6-11-18-20(12-14)32(16-9-7-15(26)8-10-16)31-21(18)17-4-2-3-5-19(17)25/h2-13,22,33H,1H3,(H,30,34). The molecule has 4 rings (SSSR count). The number of nitrogens with zero attached hydrogens (tertiary/aromatic N) is 2. The van der Waals surface area contributed by atoms with Gasteiger partial charge < -0.3 is 10.4 Å². The van der Waals surface area contributed by atoms with Gasteiger partial charge >= 0.3 is 6.18 Å². The minimum atomic E-state index is -4.87. The van der Waals surface area contributed by atoms with Crippen molar-refractivity contribution in [2.45, 2.75) is 25.2 Å². The van der Waals surface area contributed by atoms with Crippen molar-refractivity contribution in [3.8, 4) is 16.9 Å². The first kappa shape index (κ1) is 23.7. The summed E-state index contributed by atoms with van der Waals surface area (Å²) in [5.41, 5.74) is 2.16. The van der Waals surface area contributed by atoms with E-state index < -0.39 is 30.0 Å². The first-order chi connectivity index (χ1) is 16.1. The second kappa shape index (κ2) is 9.08. The van der Waals surface area contributed by atoms with Gasteiger partial charge in [-0.3, -0.25) is 4.79 Å². The van der Waals surface area contributed by atoms with Crippen LogP contribution in [-0.4, -0.2) is 39.1 Å². The van der Waals surface area contributed by atoms with Crippen molar-refractivity contribution in [2.24, 2.45) is 0 Å². The quantitative estimate of drug-likeness (QED) is 0.361. The molecule has 0 bridgehead atoms. The van der Waals surface area contributed by atoms with E-state index in [9.17, 15) is 27.5 Å². The van der Waals surface area contributed by atoms with Gasteiger partial charge in [0.15, 0.2) is 6.10 Å². The van der Waals surface area contributed by atoms with E-state index in [-0.39, 0.29) is 5.56 Å². The van der Waals surface area contributed by atoms with E-state index in [0.717, 1.165) is 6.92 Å². The van der Waals surface area contributed by atoms with Gasteiger partial charge in [0.25, 0.3) is 5.91 Å². The third-order valence-electron chi connectivity index (χ3n) is 5.31. The van der Waals surface area contributed by atoms with Crippen LogP contribution in [0.1, 0.15) is 17.3 Å². The molecular weight excluding hydrogens is 474 g/mol. The SMILES string of the molecule is CC(NC(=O)c1ccc2c(-c3ccccc3Cl)nn(-c3ccc(F)cc3)c2c1)C(O)C(F)(F)F. The molecule has 0 saturated carbocycles. The van der Waals surface area contributed by atoms with Crippen LogP contribution in [0.25, 0.3) is 27.8 Å². The topological polar surface area (TPSA) is 67.2 Å². The monoisotopic (exact) mass is 491 g/mol. The van der Waals surface area contributed by atoms with Crippen molar-refractivity contribution >= 4 is 28.4 Å². The molecule has 34 heavy (non-hydrogen) atoms. The Labute approximate surface area is 196 Å². The molecule has 0 fully saturated rings. The van der Waals surface area contributed by atoms with Gasteiger partial charge in [-0.2, -0.15) is 18.3 Å². The number of carbonyl (C=O) groups excluding carboxylic acids is 1. The maximum absolute atomic E-state index is 13.5. The Bertz CT molecular complexity index is 1350. The zero-order chi connectivity index (χ0) is 24.6. The Morgan fingerprint density at radius 1 is 1.09 bits per heavy atom. The lowest BCUT2D eigenvalue weighted by atomic mass is 10.1. The Morgan fingerprint density at radius 3 is 2.41 bits per heavy atom. The number of aromatic nitrogens is 2. The number of carbonyl (C=O) groups is 1. The van der Waals surface area contributed by atoms with Crippen molar-refractivity contribution in [2.75, 3.05) is 0 Å². The molecule has 176 valence electrons. The molecule has 2 unspecified atom stereocenters. The van der Waals surface area contributed by atoms with Crippen LogP contribution in [0.4, 0.5) is 17.6 Å². The Hall–Kier alpha value is -3.43. The zero-order valence-corrected chi connectivity index (χ0v) is 18.4. The average Bonchev–Trinajstić information content (AvgIpc) is 3.17. The van der Waals surface area contributed by atoms with Crippen LogP contribution in [0.3, 0.4) is 0 Å². The highest BCUT2D eigenvalue weighted by atomic mass is 35.5. The molecule has 1 amide bonds. The van der Waals surface area contributed by atoms with Crippen molar-refractivity contribution in [1.29, 1.82) is 0 Å². The number of fused-ring (bicyclic) bond motifs is 1. The highest BCUT2D eigenvalue weighted by molar-refractivity contribution is 6.33. The third-order valence-corrected chi connectivity index (χ3v) is 5.64. The van der Waals surface area contributed by atoms with Gasteiger partial charge in [0, 0.05) is 16.5 Å². The summed E-state index contributed by atoms with van der Waals surface area (Å²) < 4.78 is 53.3. The van der Waals surface area contributed by atoms with Crippen LogP contribution in [-0.2, 0) is 0 Å². The van der Waals surface area contributed by atoms with Gasteiger partial charge in [0.05, 0.1) is 22.3 Å². The molecule has 10 heteroatoms. The van der Waals surface area contributed by atoms with Gasteiger partial charge in [-0.25, -0.2) is 9.07 Å². The zero-order valence-electron chi connectivity index (χ0n) is 17.6. The molecule has 1 heterocycles. The maximum atomic E-state index is 13.5. The van der Waals surface area contributed by atoms with E-state index >= 15 is 0 Å². The van der Waals surface area contributed by atoms with Crippen molar-refractivity contribution < 1.29 is 27.5 Å². The number of nitrogens with one attached hydrogen (secondary N) is 1. The lowest BCUT2D eigenvalue weighted by molar-refractivity contribution is -0.209. The Kier molecular flexibility index (Phi) is 6.33. The molecule has 0 aliphatic rings. The van der Waals surface area contributed by atoms with E-state index in [1.807, 2.05) is 0 Å². The molecule has 5 nitrogen and oxygen atoms in total. The summed E-state index contributed by atoms with van der Waals surface area (Å²) in [7, 11) is 0. The minimum Gasteiger partial charge on any atom is -0.382 e. The van der Waals surface area contributed by atoms with Crippen LogP contribution in [0.15, 0.2) is 66.7 Å². The number of rotatable bonds is 5. The van der Waals surface area contributed by atoms with Crippen LogP contribution >= 0.6 is 11.6 Å². The van der Waals surface area contributed by atoms with Crippen LogP contribution in [0.5, 0.6) is 0 Å². The predicted molar refractivity (Wildman–Crippen MR) is 120 cm³/mol. The average molecular weight is 492 g/mol. The summed E-state index contributed by atoms with van der Waals surface area (Å²) >= 11 is 6.36. The second-order valence-electron chi connectivity index (χ2n) is 7.70. The van der Waals surface area contributed by atoms with Crippen molar-refractivity contribution in [3.05, 3.63) is 83.1 Å². The molecule has 0 radical (unpaired) electrons. The predicted octanol–water partition coefficient (Wildman–Crippen LogP) is 5.53. The van der Waals surface area contributed by atoms with Gasteiger partial charge in [0.1, 0.15) is 11.5 Å². The summed E-state index contributed by atoms with van der Waals surface area (Å²) in [5, 5.41) is 17.3. The lowest BCUT2D eigenvalue weighted by Crippen LogP contribution is -2.48. The summed E-state index contributed by atoms with van der Waals surface area (Å²) in [6.45, 7) is 1.06. The fourth-order valence-corrected chi connectivity index (χ4v) is 3.77. The molecule has 0 saturated heterocycles. The summed E-state index contributed by atoms with van der Waals surface area (Å²) in [4.78, 5) is 12.7. The number of amides is 1. The van der Waals surface area contributed by atoms with Crippen LogP contribution in [0.2, 0.25) is 5.02 Å². The molecular formula is C24H18ClF4N3O2. The maximum Gasteiger partial charge on any atom is 0.416 e. The smallest absolute Gasteiger partial charge is 0.382 e. The van der Waals surface area contributed by atoms with Gasteiger partial charge in [-0.1, -0.05) is 29.8 Å². The molecule has 0 aliphatic carbocycles. The van der Waals surface area contributed by atoms with Crippen molar-refractivity contribution in [1.82, 2.24) is 15.1 Å². The summed E-state index contributed by atoms with van der Waals surface area (Å²) in [6.07, 6.45) is -7.58. The highest BCUT2D eigenvalue weighted by Crippen LogP contribution is 2.34. The minimum absolute atomic E-state index is 0.0581. The first-order valence-electron chi connectivity index (χ1n) is 10.2. The molecule has 2 N–H and O–H groups in total. The van der Waals surface area contributed by atoms with E-state index in [2.05, 4.69) is 10.4 Å². The lowest BCUT2D eigenvalue weighted by Gasteiger charge is -2.22. The number of halogens is 5. The number of aliphatic hydroxyl groups excluding tert-OH is 1. The number of hydrogen-bond donors (Lipinski definition) is 2. The molecule has 1 aromatic heterocycles. The largest absolute Gasteiger partial charge is 0.416 e. The molecule has 4 aromatic rings. The molecule has 3 aromatic carbocycles. The van der Waals surface area contributed by atoms with E-state index in [4.69, 9.17) is 11.6 Å². The third kappa shape index (κ3) is 4.62. The normalized spacial score (nSPS) is 13.6. The fourth-order valence-electron chi connectivity index (χ4n) is 3.54. The number of hydrogen-bond acceptors (Lipinski definition) is 3. The van der Waals surface area contributed by atoms with E-state index in [0.29, 0.717) is 32.9 Å². The fraction of sp³-hybridized carbons (Fsp3) is 0.167. The number of alkyl halides is 3. The van der Waals surface area contributed by atoms with Gasteiger partial charge in [-0.15, -0.1) is 0 Å². The molecule has 0 aliphatic heterocycles. The van der Waals surface area contributed by atoms with Gasteiger partial charge in [-0.05, 0) is 55.5 Å². The number of benzene rings is 3. The Balaban J connectivity index is 1.81. The molecule has 2 atom stereocenters. The van der Waals surface area contributed by atoms with Crippen LogP contribution in [0, 0.1) is 5.82 Å². The van der Waals surface area contributed by atoms with Crippen LogP contribution < -0.4 is 5.32 Å². The summed E-state index contributed by atoms with van der Waals surface area (Å²) in [5.74, 6) is -1.24. The highest BCUT2D eigenvalue weighted by Gasteiger charge is 2.42. The molecule has 0 spiro atoms. The first-order valence-corrected chi connectivity index (χ1v) is 10.5. The van der Waals surface area contributed by atoms with Crippen molar-refractivity contribution in [3.63, 3.8) is 0 Å². The van der Waals surface area contributed by atoms with Gasteiger partial charge in [0.2, 0.25) is 0 Å². The van der Waals surface area contributed by atoms with E-state index in [1.165, 1.54) is 41.1 Å². The summed E-state index contributed by atoms with van der Waals surface area (Å²) in [6, 6.07) is 15.5. The Morgan fingerprint density at radius 2 is 1.76 bits per heavy atom. The van der Waals surface area contributed by atoms with E-state index in [1.54, 1.807) is 30.3 Å².